The van der Waals surface area contributed by atoms with Crippen molar-refractivity contribution in [1.82, 2.24) is 19.4 Å². The van der Waals surface area contributed by atoms with Crippen LogP contribution in [0.3, 0.4) is 0 Å². The molecule has 1 N–H and O–H groups in total. The smallest absolute Gasteiger partial charge is 0.159 e. The number of benzene rings is 1. The minimum atomic E-state index is -1.17. The summed E-state index contributed by atoms with van der Waals surface area (Å²) in [6.07, 6.45) is 4.45. The van der Waals surface area contributed by atoms with E-state index in [0.717, 1.165) is 22.5 Å². The molecule has 0 spiro atoms. The van der Waals surface area contributed by atoms with Crippen molar-refractivity contribution in [2.45, 2.75) is 45.5 Å². The lowest BCUT2D eigenvalue weighted by molar-refractivity contribution is 0.0423. The van der Waals surface area contributed by atoms with Gasteiger partial charge >= 0.3 is 0 Å². The van der Waals surface area contributed by atoms with Gasteiger partial charge in [-0.05, 0) is 38.8 Å². The number of ether oxygens (including phenoxy) is 1. The molecule has 0 amide bonds. The average molecular weight is 418 g/mol. The molecule has 6 nitrogen and oxygen atoms in total. The molecule has 4 aromatic rings. The molecular weight excluding hydrogens is 395 g/mol. The molecule has 1 aromatic carbocycles. The van der Waals surface area contributed by atoms with Crippen LogP contribution in [0.4, 0.5) is 4.39 Å². The van der Waals surface area contributed by atoms with Crippen molar-refractivity contribution in [3.8, 4) is 11.1 Å². The van der Waals surface area contributed by atoms with Gasteiger partial charge in [0, 0.05) is 35.8 Å². The second kappa shape index (κ2) is 6.93. The molecular formula is C24H23FN4O2. The maximum atomic E-state index is 15.0. The summed E-state index contributed by atoms with van der Waals surface area (Å²) in [6, 6.07) is 9.56. The van der Waals surface area contributed by atoms with Crippen LogP contribution in [-0.4, -0.2) is 24.5 Å². The van der Waals surface area contributed by atoms with Crippen molar-refractivity contribution in [3.05, 3.63) is 83.1 Å². The summed E-state index contributed by atoms with van der Waals surface area (Å²) < 4.78 is 23.1. The van der Waals surface area contributed by atoms with Crippen LogP contribution in [0.2, 0.25) is 0 Å². The number of nitrogens with zero attached hydrogens (tertiary/aromatic N) is 4. The first kappa shape index (κ1) is 19.8. The monoisotopic (exact) mass is 418 g/mol. The Morgan fingerprint density at radius 2 is 1.81 bits per heavy atom. The molecule has 2 atom stereocenters. The van der Waals surface area contributed by atoms with E-state index >= 15 is 0 Å². The first-order valence-electron chi connectivity index (χ1n) is 10.2. The first-order valence-corrected chi connectivity index (χ1v) is 10.2. The Kier molecular flexibility index (Phi) is 4.42. The van der Waals surface area contributed by atoms with Crippen LogP contribution in [0.5, 0.6) is 0 Å². The lowest BCUT2D eigenvalue weighted by Crippen LogP contribution is -2.19. The molecule has 158 valence electrons. The largest absolute Gasteiger partial charge is 0.382 e. The number of hydrogen-bond donors (Lipinski definition) is 1. The second-order valence-corrected chi connectivity index (χ2v) is 8.49. The van der Waals surface area contributed by atoms with Gasteiger partial charge in [0.25, 0.3) is 0 Å². The van der Waals surface area contributed by atoms with Gasteiger partial charge in [0.05, 0.1) is 17.5 Å². The molecule has 0 fully saturated rings. The Bertz CT molecular complexity index is 1290. The molecule has 1 aliphatic rings. The molecule has 31 heavy (non-hydrogen) atoms. The molecule has 3 aromatic heterocycles. The van der Waals surface area contributed by atoms with Gasteiger partial charge in [-0.2, -0.15) is 0 Å². The summed E-state index contributed by atoms with van der Waals surface area (Å²) in [5, 5.41) is 10.1. The maximum absolute atomic E-state index is 15.0. The molecule has 0 aliphatic carbocycles. The van der Waals surface area contributed by atoms with Crippen LogP contribution < -0.4 is 0 Å². The van der Waals surface area contributed by atoms with Gasteiger partial charge in [0.2, 0.25) is 0 Å². The summed E-state index contributed by atoms with van der Waals surface area (Å²) in [5.41, 5.74) is 4.14. The summed E-state index contributed by atoms with van der Waals surface area (Å²) >= 11 is 0. The van der Waals surface area contributed by atoms with Crippen LogP contribution in [0, 0.1) is 12.7 Å². The lowest BCUT2D eigenvalue weighted by Gasteiger charge is -2.16. The standard InChI is InChI=1S/C24H23FN4O2/c1-13-21(22-17-8-6-5-7-16(17)14(2)31-22)29-12-18(19(25)9-20(29)28-13)15-10-26-23(27-11-15)24(3,4)30/h5-12,14,22,30H,1-4H3/t14-,22?/m0/s1. The zero-order valence-corrected chi connectivity index (χ0v) is 17.8. The SMILES string of the molecule is Cc1nc2cc(F)c(-c3cnc(C(C)(C)O)nc3)cn2c1C1O[C@@H](C)c2ccccc21. The van der Waals surface area contributed by atoms with Gasteiger partial charge in [-0.15, -0.1) is 0 Å². The third kappa shape index (κ3) is 3.21. The highest BCUT2D eigenvalue weighted by Gasteiger charge is 2.33. The first-order chi connectivity index (χ1) is 14.7. The van der Waals surface area contributed by atoms with E-state index in [1.54, 1.807) is 20.0 Å². The van der Waals surface area contributed by atoms with E-state index < -0.39 is 11.4 Å². The van der Waals surface area contributed by atoms with Gasteiger partial charge in [0.15, 0.2) is 5.82 Å². The number of hydrogen-bond acceptors (Lipinski definition) is 5. The molecule has 5 rings (SSSR count). The van der Waals surface area contributed by atoms with Crippen LogP contribution in [0.1, 0.15) is 61.3 Å². The fourth-order valence-electron chi connectivity index (χ4n) is 4.19. The lowest BCUT2D eigenvalue weighted by atomic mass is 10.00. The normalized spacial score (nSPS) is 18.5. The van der Waals surface area contributed by atoms with Crippen LogP contribution in [-0.2, 0) is 10.3 Å². The third-order valence-electron chi connectivity index (χ3n) is 5.75. The topological polar surface area (TPSA) is 72.5 Å². The van der Waals surface area contributed by atoms with Crippen molar-refractivity contribution >= 4 is 5.65 Å². The Hall–Kier alpha value is -3.16. The van der Waals surface area contributed by atoms with Crippen LogP contribution in [0.25, 0.3) is 16.8 Å². The molecule has 0 saturated carbocycles. The molecule has 1 unspecified atom stereocenters. The zero-order valence-electron chi connectivity index (χ0n) is 17.8. The Labute approximate surface area is 179 Å². The van der Waals surface area contributed by atoms with E-state index in [9.17, 15) is 9.50 Å². The Morgan fingerprint density at radius 1 is 1.13 bits per heavy atom. The number of pyridine rings is 1. The minimum absolute atomic E-state index is 0.0335. The zero-order chi connectivity index (χ0) is 21.9. The maximum Gasteiger partial charge on any atom is 0.159 e. The number of aryl methyl sites for hydroxylation is 1. The van der Waals surface area contributed by atoms with E-state index in [4.69, 9.17) is 4.74 Å². The van der Waals surface area contributed by atoms with Crippen molar-refractivity contribution in [1.29, 1.82) is 0 Å². The van der Waals surface area contributed by atoms with Gasteiger partial charge in [-0.1, -0.05) is 24.3 Å². The highest BCUT2D eigenvalue weighted by atomic mass is 19.1. The second-order valence-electron chi connectivity index (χ2n) is 8.49. The third-order valence-corrected chi connectivity index (χ3v) is 5.75. The summed E-state index contributed by atoms with van der Waals surface area (Å²) in [6.45, 7) is 7.16. The Morgan fingerprint density at radius 3 is 2.48 bits per heavy atom. The Balaban J connectivity index is 1.65. The highest BCUT2D eigenvalue weighted by Crippen LogP contribution is 2.43. The van der Waals surface area contributed by atoms with E-state index in [-0.39, 0.29) is 18.0 Å². The molecule has 0 bridgehead atoms. The van der Waals surface area contributed by atoms with Gasteiger partial charge in [-0.25, -0.2) is 19.3 Å². The predicted molar refractivity (Wildman–Crippen MR) is 114 cm³/mol. The molecule has 7 heteroatoms. The minimum Gasteiger partial charge on any atom is -0.382 e. The number of fused-ring (bicyclic) bond motifs is 2. The molecule has 4 heterocycles. The molecule has 1 aliphatic heterocycles. The van der Waals surface area contributed by atoms with Gasteiger partial charge in [0.1, 0.15) is 23.2 Å². The van der Waals surface area contributed by atoms with Crippen molar-refractivity contribution in [3.63, 3.8) is 0 Å². The van der Waals surface area contributed by atoms with Gasteiger partial charge < -0.3 is 9.84 Å². The number of aliphatic hydroxyl groups is 1. The van der Waals surface area contributed by atoms with E-state index in [1.807, 2.05) is 30.4 Å². The number of rotatable bonds is 3. The summed E-state index contributed by atoms with van der Waals surface area (Å²) in [7, 11) is 0. The molecule has 0 saturated heterocycles. The number of halogens is 1. The van der Waals surface area contributed by atoms with Crippen molar-refractivity contribution in [2.75, 3.05) is 0 Å². The number of imidazole rings is 1. The van der Waals surface area contributed by atoms with Crippen LogP contribution >= 0.6 is 0 Å². The summed E-state index contributed by atoms with van der Waals surface area (Å²) in [5.74, 6) is -0.133. The van der Waals surface area contributed by atoms with E-state index in [0.29, 0.717) is 16.8 Å². The van der Waals surface area contributed by atoms with E-state index in [2.05, 4.69) is 27.1 Å². The highest BCUT2D eigenvalue weighted by molar-refractivity contribution is 5.65. The van der Waals surface area contributed by atoms with E-state index in [1.165, 1.54) is 18.5 Å². The van der Waals surface area contributed by atoms with Gasteiger partial charge in [-0.3, -0.25) is 4.40 Å². The number of aromatic nitrogens is 4. The van der Waals surface area contributed by atoms with Crippen molar-refractivity contribution in [2.24, 2.45) is 0 Å². The fourth-order valence-corrected chi connectivity index (χ4v) is 4.19. The fraction of sp³-hybridized carbons (Fsp3) is 0.292. The molecule has 0 radical (unpaired) electrons. The van der Waals surface area contributed by atoms with Crippen LogP contribution in [0.15, 0.2) is 48.9 Å². The summed E-state index contributed by atoms with van der Waals surface area (Å²) in [4.78, 5) is 13.0. The predicted octanol–water partition coefficient (Wildman–Crippen LogP) is 4.65. The quantitative estimate of drug-likeness (QED) is 0.524. The van der Waals surface area contributed by atoms with Crippen molar-refractivity contribution < 1.29 is 14.2 Å². The average Bonchev–Trinajstić information content (AvgIpc) is 3.22.